The molecule has 1 saturated carbocycles. The maximum Gasteiger partial charge on any atom is 0.513 e. The number of fused-ring (bicyclic) bond motifs is 6. The number of phenolic OH excluding ortho intramolecular Hbond substituents is 1. The maximum absolute atomic E-state index is 11.9. The number of hydrogen-bond donors (Lipinski definition) is 1. The van der Waals surface area contributed by atoms with Crippen LogP contribution in [0.15, 0.2) is 24.3 Å². The molecule has 2 aromatic carbocycles. The second kappa shape index (κ2) is 4.88. The summed E-state index contributed by atoms with van der Waals surface area (Å²) in [6, 6.07) is 7.54. The van der Waals surface area contributed by atoms with Gasteiger partial charge in [-0.3, -0.25) is 0 Å². The Morgan fingerprint density at radius 2 is 2.09 bits per heavy atom. The Hall–Kier alpha value is -2.23. The van der Waals surface area contributed by atoms with Gasteiger partial charge < -0.3 is 14.6 Å². The van der Waals surface area contributed by atoms with Crippen molar-refractivity contribution in [3.63, 3.8) is 0 Å². The lowest BCUT2D eigenvalue weighted by Crippen LogP contribution is -2.18. The summed E-state index contributed by atoms with van der Waals surface area (Å²) in [5.74, 6) is 1.26. The van der Waals surface area contributed by atoms with Crippen LogP contribution in [0.25, 0.3) is 10.8 Å². The highest BCUT2D eigenvalue weighted by atomic mass is 16.7. The number of carbonyl (C=O) groups excluding carboxylic acids is 1. The van der Waals surface area contributed by atoms with Gasteiger partial charge in [-0.25, -0.2) is 4.79 Å². The van der Waals surface area contributed by atoms with Crippen molar-refractivity contribution in [2.45, 2.75) is 44.4 Å². The van der Waals surface area contributed by atoms with Crippen molar-refractivity contribution in [1.82, 2.24) is 0 Å². The summed E-state index contributed by atoms with van der Waals surface area (Å²) in [6.07, 6.45) is 2.46. The van der Waals surface area contributed by atoms with Crippen LogP contribution in [0, 0.1) is 0 Å². The molecular formula is C19H20O4. The molecule has 2 aliphatic carbocycles. The number of benzene rings is 2. The molecular weight excluding hydrogens is 292 g/mol. The molecule has 1 fully saturated rings. The lowest BCUT2D eigenvalue weighted by molar-refractivity contribution is 0.104. The van der Waals surface area contributed by atoms with E-state index in [1.54, 1.807) is 6.92 Å². The number of phenols is 1. The van der Waals surface area contributed by atoms with Crippen LogP contribution >= 0.6 is 0 Å². The van der Waals surface area contributed by atoms with Gasteiger partial charge >= 0.3 is 6.16 Å². The SMILES string of the molecule is CCOC(=O)Oc1c2c(c(O)c3ccccc13)C1(C)CCC2C1. The Balaban J connectivity index is 1.99. The zero-order valence-electron chi connectivity index (χ0n) is 13.4. The second-order valence-electron chi connectivity index (χ2n) is 6.80. The van der Waals surface area contributed by atoms with Crippen molar-refractivity contribution in [2.75, 3.05) is 6.61 Å². The lowest BCUT2D eigenvalue weighted by atomic mass is 9.79. The number of ether oxygens (including phenoxy) is 2. The number of hydrogen-bond acceptors (Lipinski definition) is 4. The van der Waals surface area contributed by atoms with E-state index in [0.29, 0.717) is 17.4 Å². The van der Waals surface area contributed by atoms with Crippen LogP contribution in [0.5, 0.6) is 11.5 Å². The van der Waals surface area contributed by atoms with Crippen LogP contribution < -0.4 is 4.74 Å². The van der Waals surface area contributed by atoms with E-state index in [0.717, 1.165) is 41.2 Å². The minimum Gasteiger partial charge on any atom is -0.507 e. The van der Waals surface area contributed by atoms with Gasteiger partial charge in [0.2, 0.25) is 0 Å². The summed E-state index contributed by atoms with van der Waals surface area (Å²) in [7, 11) is 0. The molecule has 4 nitrogen and oxygen atoms in total. The van der Waals surface area contributed by atoms with Crippen molar-refractivity contribution >= 4 is 16.9 Å². The Labute approximate surface area is 135 Å². The van der Waals surface area contributed by atoms with Gasteiger partial charge in [-0.05, 0) is 37.5 Å². The summed E-state index contributed by atoms with van der Waals surface area (Å²) in [6.45, 7) is 4.23. The molecule has 0 heterocycles. The minimum atomic E-state index is -0.682. The zero-order valence-corrected chi connectivity index (χ0v) is 13.4. The van der Waals surface area contributed by atoms with Crippen molar-refractivity contribution in [3.8, 4) is 11.5 Å². The van der Waals surface area contributed by atoms with Gasteiger partial charge in [-0.15, -0.1) is 0 Å². The molecule has 2 aliphatic rings. The second-order valence-corrected chi connectivity index (χ2v) is 6.80. The van der Waals surface area contributed by atoms with Crippen LogP contribution in [-0.4, -0.2) is 17.9 Å². The third kappa shape index (κ3) is 1.94. The maximum atomic E-state index is 11.9. The van der Waals surface area contributed by atoms with Crippen molar-refractivity contribution < 1.29 is 19.4 Å². The fourth-order valence-electron chi connectivity index (χ4n) is 4.46. The molecule has 120 valence electrons. The number of aromatic hydroxyl groups is 1. The highest BCUT2D eigenvalue weighted by molar-refractivity contribution is 5.98. The Morgan fingerprint density at radius 3 is 2.83 bits per heavy atom. The first-order valence-corrected chi connectivity index (χ1v) is 8.18. The predicted octanol–water partition coefficient (Wildman–Crippen LogP) is 4.62. The van der Waals surface area contributed by atoms with Crippen LogP contribution in [0.4, 0.5) is 4.79 Å². The van der Waals surface area contributed by atoms with Gasteiger partial charge in [0.15, 0.2) is 0 Å². The Morgan fingerprint density at radius 1 is 1.35 bits per heavy atom. The molecule has 23 heavy (non-hydrogen) atoms. The van der Waals surface area contributed by atoms with Gasteiger partial charge in [0.05, 0.1) is 6.61 Å². The number of rotatable bonds is 2. The molecule has 2 bridgehead atoms. The van der Waals surface area contributed by atoms with Crippen molar-refractivity contribution in [3.05, 3.63) is 35.4 Å². The molecule has 0 aliphatic heterocycles. The zero-order chi connectivity index (χ0) is 16.2. The highest BCUT2D eigenvalue weighted by Crippen LogP contribution is 2.63. The van der Waals surface area contributed by atoms with Gasteiger partial charge in [0, 0.05) is 21.9 Å². The molecule has 1 N–H and O–H groups in total. The molecule has 0 radical (unpaired) electrons. The fraction of sp³-hybridized carbons (Fsp3) is 0.421. The molecule has 0 saturated heterocycles. The monoisotopic (exact) mass is 312 g/mol. The molecule has 4 rings (SSSR count). The predicted molar refractivity (Wildman–Crippen MR) is 87.2 cm³/mol. The third-order valence-corrected chi connectivity index (χ3v) is 5.38. The normalized spacial score (nSPS) is 24.7. The molecule has 0 amide bonds. The fourth-order valence-corrected chi connectivity index (χ4v) is 4.46. The average molecular weight is 312 g/mol. The van der Waals surface area contributed by atoms with Gasteiger partial charge in [-0.1, -0.05) is 31.2 Å². The Kier molecular flexibility index (Phi) is 3.05. The summed E-state index contributed by atoms with van der Waals surface area (Å²) in [4.78, 5) is 11.9. The van der Waals surface area contributed by atoms with E-state index in [1.165, 1.54) is 0 Å². The summed E-state index contributed by atoms with van der Waals surface area (Å²) < 4.78 is 10.6. The summed E-state index contributed by atoms with van der Waals surface area (Å²) in [5, 5.41) is 12.4. The molecule has 2 aromatic rings. The smallest absolute Gasteiger partial charge is 0.507 e. The quantitative estimate of drug-likeness (QED) is 0.649. The summed E-state index contributed by atoms with van der Waals surface area (Å²) >= 11 is 0. The van der Waals surface area contributed by atoms with Crippen LogP contribution in [0.1, 0.15) is 50.2 Å². The van der Waals surface area contributed by atoms with E-state index in [4.69, 9.17) is 9.47 Å². The first kappa shape index (κ1) is 14.4. The molecule has 4 heteroatoms. The van der Waals surface area contributed by atoms with E-state index >= 15 is 0 Å². The molecule has 2 unspecified atom stereocenters. The standard InChI is InChI=1S/C19H20O4/c1-3-22-18(21)23-17-13-7-5-4-6-12(13)16(20)15-14(17)11-8-9-19(15,2)10-11/h4-7,11,20H,3,8-10H2,1-2H3. The topological polar surface area (TPSA) is 55.8 Å². The first-order valence-electron chi connectivity index (χ1n) is 8.18. The largest absolute Gasteiger partial charge is 0.513 e. The molecule has 0 spiro atoms. The third-order valence-electron chi connectivity index (χ3n) is 5.38. The van der Waals surface area contributed by atoms with Crippen LogP contribution in [0.3, 0.4) is 0 Å². The first-order chi connectivity index (χ1) is 11.0. The average Bonchev–Trinajstić information content (AvgIpc) is 3.05. The Bertz CT molecular complexity index is 811. The van der Waals surface area contributed by atoms with Crippen LogP contribution in [-0.2, 0) is 10.2 Å². The minimum absolute atomic E-state index is 0.0269. The highest BCUT2D eigenvalue weighted by Gasteiger charge is 2.50. The number of carbonyl (C=O) groups is 1. The van der Waals surface area contributed by atoms with Gasteiger partial charge in [0.25, 0.3) is 0 Å². The van der Waals surface area contributed by atoms with Gasteiger partial charge in [-0.2, -0.15) is 0 Å². The summed E-state index contributed by atoms with van der Waals surface area (Å²) in [5.41, 5.74) is 1.94. The van der Waals surface area contributed by atoms with E-state index in [2.05, 4.69) is 6.92 Å². The van der Waals surface area contributed by atoms with E-state index in [1.807, 2.05) is 24.3 Å². The molecule has 0 aromatic heterocycles. The van der Waals surface area contributed by atoms with E-state index < -0.39 is 6.16 Å². The lowest BCUT2D eigenvalue weighted by Gasteiger charge is -2.27. The van der Waals surface area contributed by atoms with Crippen LogP contribution in [0.2, 0.25) is 0 Å². The van der Waals surface area contributed by atoms with E-state index in [-0.39, 0.29) is 12.0 Å². The molecule has 2 atom stereocenters. The van der Waals surface area contributed by atoms with Crippen molar-refractivity contribution in [2.24, 2.45) is 0 Å². The van der Waals surface area contributed by atoms with Gasteiger partial charge in [0.1, 0.15) is 11.5 Å². The van der Waals surface area contributed by atoms with Crippen molar-refractivity contribution in [1.29, 1.82) is 0 Å². The van der Waals surface area contributed by atoms with E-state index in [9.17, 15) is 9.90 Å².